The van der Waals surface area contributed by atoms with Gasteiger partial charge in [0.1, 0.15) is 6.10 Å². The quantitative estimate of drug-likeness (QED) is 0.782. The molecule has 1 aliphatic heterocycles. The van der Waals surface area contributed by atoms with Crippen molar-refractivity contribution in [2.75, 3.05) is 0 Å². The molecule has 21 heavy (non-hydrogen) atoms. The second kappa shape index (κ2) is 4.62. The SMILES string of the molecule is CCc1ccc(O)c2c1[C@@]1(CC)[C@@H](O2)[C@@H](O)CCC1(C)O. The van der Waals surface area contributed by atoms with Crippen molar-refractivity contribution in [1.82, 2.24) is 0 Å². The topological polar surface area (TPSA) is 69.9 Å². The first kappa shape index (κ1) is 14.7. The van der Waals surface area contributed by atoms with Crippen molar-refractivity contribution in [2.45, 2.75) is 69.7 Å². The molecule has 1 aliphatic carbocycles. The van der Waals surface area contributed by atoms with Gasteiger partial charge in [0.2, 0.25) is 0 Å². The summed E-state index contributed by atoms with van der Waals surface area (Å²) in [5, 5.41) is 31.7. The summed E-state index contributed by atoms with van der Waals surface area (Å²) >= 11 is 0. The van der Waals surface area contributed by atoms with Crippen LogP contribution in [0.25, 0.3) is 0 Å². The summed E-state index contributed by atoms with van der Waals surface area (Å²) in [6, 6.07) is 3.54. The third-order valence-corrected chi connectivity index (χ3v) is 5.58. The van der Waals surface area contributed by atoms with E-state index in [-0.39, 0.29) is 5.75 Å². The Kier molecular flexibility index (Phi) is 3.22. The molecule has 1 fully saturated rings. The lowest BCUT2D eigenvalue weighted by Crippen LogP contribution is -2.63. The van der Waals surface area contributed by atoms with Crippen LogP contribution in [0.4, 0.5) is 0 Å². The molecule has 1 unspecified atom stereocenters. The number of fused-ring (bicyclic) bond motifs is 3. The lowest BCUT2D eigenvalue weighted by Gasteiger charge is -2.51. The smallest absolute Gasteiger partial charge is 0.165 e. The summed E-state index contributed by atoms with van der Waals surface area (Å²) in [5.41, 5.74) is 0.335. The van der Waals surface area contributed by atoms with Gasteiger partial charge in [0, 0.05) is 5.56 Å². The highest BCUT2D eigenvalue weighted by molar-refractivity contribution is 5.59. The van der Waals surface area contributed by atoms with E-state index in [4.69, 9.17) is 4.74 Å². The van der Waals surface area contributed by atoms with E-state index in [2.05, 4.69) is 6.92 Å². The molecule has 0 aromatic heterocycles. The van der Waals surface area contributed by atoms with E-state index in [1.54, 1.807) is 6.07 Å². The van der Waals surface area contributed by atoms with Crippen LogP contribution in [-0.4, -0.2) is 33.1 Å². The van der Waals surface area contributed by atoms with E-state index >= 15 is 0 Å². The average molecular weight is 292 g/mol. The number of aliphatic hydroxyl groups is 2. The number of hydrogen-bond acceptors (Lipinski definition) is 4. The van der Waals surface area contributed by atoms with Crippen molar-refractivity contribution in [3.05, 3.63) is 23.3 Å². The van der Waals surface area contributed by atoms with Gasteiger partial charge >= 0.3 is 0 Å². The van der Waals surface area contributed by atoms with Gasteiger partial charge in [-0.25, -0.2) is 0 Å². The van der Waals surface area contributed by atoms with Crippen molar-refractivity contribution in [2.24, 2.45) is 0 Å². The van der Waals surface area contributed by atoms with Crippen molar-refractivity contribution >= 4 is 0 Å². The van der Waals surface area contributed by atoms with E-state index in [0.717, 1.165) is 17.5 Å². The zero-order valence-corrected chi connectivity index (χ0v) is 12.9. The predicted octanol–water partition coefficient (Wildman–Crippen LogP) is 2.27. The lowest BCUT2D eigenvalue weighted by molar-refractivity contribution is -0.138. The molecule has 0 amide bonds. The number of aromatic hydroxyl groups is 1. The van der Waals surface area contributed by atoms with Crippen molar-refractivity contribution < 1.29 is 20.1 Å². The van der Waals surface area contributed by atoms with E-state index in [1.165, 1.54) is 0 Å². The summed E-state index contributed by atoms with van der Waals surface area (Å²) < 4.78 is 5.97. The van der Waals surface area contributed by atoms with Gasteiger partial charge in [-0.2, -0.15) is 0 Å². The Morgan fingerprint density at radius 1 is 1.33 bits per heavy atom. The highest BCUT2D eigenvalue weighted by Gasteiger charge is 2.63. The first-order chi connectivity index (χ1) is 9.89. The van der Waals surface area contributed by atoms with Crippen LogP contribution in [0.2, 0.25) is 0 Å². The van der Waals surface area contributed by atoms with Crippen LogP contribution in [0, 0.1) is 0 Å². The average Bonchev–Trinajstić information content (AvgIpc) is 2.83. The van der Waals surface area contributed by atoms with Gasteiger partial charge in [-0.3, -0.25) is 0 Å². The molecule has 1 heterocycles. The molecule has 1 aromatic carbocycles. The molecule has 2 aliphatic rings. The van der Waals surface area contributed by atoms with Crippen LogP contribution in [0.15, 0.2) is 12.1 Å². The number of benzene rings is 1. The Bertz CT molecular complexity index is 566. The standard InChI is InChI=1S/C17H24O4/c1-4-10-6-7-11(18)14-13(10)17(5-2)15(21-14)12(19)8-9-16(17,3)20/h6-7,12,15,18-20H,4-5,8-9H2,1-3H3/t12-,15-,16?,17-/m0/s1. The summed E-state index contributed by atoms with van der Waals surface area (Å²) in [7, 11) is 0. The maximum Gasteiger partial charge on any atom is 0.165 e. The Morgan fingerprint density at radius 2 is 2.05 bits per heavy atom. The molecule has 0 spiro atoms. The van der Waals surface area contributed by atoms with Crippen LogP contribution < -0.4 is 4.74 Å². The number of hydrogen-bond donors (Lipinski definition) is 3. The van der Waals surface area contributed by atoms with Crippen LogP contribution in [0.3, 0.4) is 0 Å². The molecule has 4 atom stereocenters. The maximum absolute atomic E-state index is 11.1. The van der Waals surface area contributed by atoms with Crippen LogP contribution in [-0.2, 0) is 11.8 Å². The number of aryl methyl sites for hydroxylation is 1. The summed E-state index contributed by atoms with van der Waals surface area (Å²) in [6.45, 7) is 5.90. The number of rotatable bonds is 2. The van der Waals surface area contributed by atoms with Gasteiger partial charge in [0.15, 0.2) is 11.5 Å². The van der Waals surface area contributed by atoms with Crippen LogP contribution in [0.1, 0.15) is 51.2 Å². The molecule has 3 N–H and O–H groups in total. The molecule has 1 saturated carbocycles. The zero-order valence-electron chi connectivity index (χ0n) is 12.9. The minimum atomic E-state index is -0.964. The van der Waals surface area contributed by atoms with Gasteiger partial charge in [-0.05, 0) is 44.2 Å². The molecule has 4 heteroatoms. The van der Waals surface area contributed by atoms with Gasteiger partial charge in [0.05, 0.1) is 17.1 Å². The van der Waals surface area contributed by atoms with Crippen molar-refractivity contribution in [1.29, 1.82) is 0 Å². The number of phenolic OH excluding ortho intramolecular Hbond substituents is 1. The maximum atomic E-state index is 11.1. The third-order valence-electron chi connectivity index (χ3n) is 5.58. The fraction of sp³-hybridized carbons (Fsp3) is 0.647. The predicted molar refractivity (Wildman–Crippen MR) is 79.7 cm³/mol. The monoisotopic (exact) mass is 292 g/mol. The van der Waals surface area contributed by atoms with Gasteiger partial charge < -0.3 is 20.1 Å². The van der Waals surface area contributed by atoms with Crippen LogP contribution >= 0.6 is 0 Å². The van der Waals surface area contributed by atoms with Crippen LogP contribution in [0.5, 0.6) is 11.5 Å². The number of aliphatic hydroxyl groups excluding tert-OH is 1. The molecule has 1 aromatic rings. The molecule has 0 bridgehead atoms. The second-order valence-corrected chi connectivity index (χ2v) is 6.54. The Morgan fingerprint density at radius 3 is 2.67 bits per heavy atom. The largest absolute Gasteiger partial charge is 0.504 e. The van der Waals surface area contributed by atoms with Crippen molar-refractivity contribution in [3.63, 3.8) is 0 Å². The Balaban J connectivity index is 2.31. The summed E-state index contributed by atoms with van der Waals surface area (Å²) in [6.07, 6.45) is 1.37. The molecular formula is C17H24O4. The molecular weight excluding hydrogens is 268 g/mol. The number of phenols is 1. The Labute approximate surface area is 125 Å². The first-order valence-corrected chi connectivity index (χ1v) is 7.81. The van der Waals surface area contributed by atoms with Crippen molar-refractivity contribution in [3.8, 4) is 11.5 Å². The van der Waals surface area contributed by atoms with Gasteiger partial charge in [-0.1, -0.05) is 19.9 Å². The highest BCUT2D eigenvalue weighted by Crippen LogP contribution is 2.59. The number of ether oxygens (including phenoxy) is 1. The molecule has 116 valence electrons. The second-order valence-electron chi connectivity index (χ2n) is 6.54. The molecule has 0 saturated heterocycles. The minimum absolute atomic E-state index is 0.0902. The minimum Gasteiger partial charge on any atom is -0.504 e. The van der Waals surface area contributed by atoms with E-state index in [1.807, 2.05) is 19.9 Å². The van der Waals surface area contributed by atoms with Gasteiger partial charge in [-0.15, -0.1) is 0 Å². The fourth-order valence-electron chi connectivity index (χ4n) is 4.43. The van der Waals surface area contributed by atoms with E-state index in [0.29, 0.717) is 25.0 Å². The molecule has 4 nitrogen and oxygen atoms in total. The molecule has 0 radical (unpaired) electrons. The highest BCUT2D eigenvalue weighted by atomic mass is 16.5. The zero-order chi connectivity index (χ0) is 15.4. The van der Waals surface area contributed by atoms with Gasteiger partial charge in [0.25, 0.3) is 0 Å². The van der Waals surface area contributed by atoms with E-state index < -0.39 is 23.2 Å². The van der Waals surface area contributed by atoms with E-state index in [9.17, 15) is 15.3 Å². The fourth-order valence-corrected chi connectivity index (χ4v) is 4.43. The summed E-state index contributed by atoms with van der Waals surface area (Å²) in [4.78, 5) is 0. The summed E-state index contributed by atoms with van der Waals surface area (Å²) in [5.74, 6) is 0.537. The molecule has 3 rings (SSSR count). The Hall–Kier alpha value is -1.26. The first-order valence-electron chi connectivity index (χ1n) is 7.81. The normalized spacial score (nSPS) is 37.8. The third kappa shape index (κ3) is 1.69. The lowest BCUT2D eigenvalue weighted by atomic mass is 9.57.